The Morgan fingerprint density at radius 2 is 0.788 bits per heavy atom. The van der Waals surface area contributed by atoms with E-state index >= 15 is 0 Å². The maximum absolute atomic E-state index is 12.9. The molecule has 0 saturated heterocycles. The van der Waals surface area contributed by atoms with Crippen LogP contribution in [0.25, 0.3) is 43.8 Å². The van der Waals surface area contributed by atoms with Gasteiger partial charge in [0.25, 0.3) is 0 Å². The van der Waals surface area contributed by atoms with E-state index in [0.29, 0.717) is 87.2 Å². The number of rotatable bonds is 30. The first-order valence-electron chi connectivity index (χ1n) is 39.8. The van der Waals surface area contributed by atoms with Crippen LogP contribution in [0, 0.1) is 0 Å². The maximum Gasteiger partial charge on any atom is 0.425 e. The Labute approximate surface area is 772 Å². The quantitative estimate of drug-likeness (QED) is 0.0144. The molecule has 11 rings (SSSR count). The SMILES string of the molecule is C(/C=C/Nc1ccccc1)=Nc1ccccc1.CCCC(=O)c1cc(-c2ccc3c4c(ccc3c2)[N+](CCCS(=O)(=O)[O-])=C(/C=C/C=C/N(C(C)=O)c2ccccc2)C4(C)C)cc(C(=O)CCC)n1.CCCC(=O)c1cc(-c2ccc3c4c(ccc3c2)[N+](CCCS(=O)(=O)[O-])=C(C)C4(C)C)cc(C(=O)CCC)n1.O=S(=O)=O.O=S(=O)=O.O=S(=O)=O.O=S(=O)=O.O=S(=O)=O.O=S(=O)=O. The van der Waals surface area contributed by atoms with Crippen LogP contribution < -0.4 is 10.2 Å². The van der Waals surface area contributed by atoms with Crippen molar-refractivity contribution in [3.8, 4) is 22.3 Å². The summed E-state index contributed by atoms with van der Waals surface area (Å²) in [5, 5.41) is 7.22. The molecule has 2 aromatic heterocycles. The van der Waals surface area contributed by atoms with Gasteiger partial charge in [-0.3, -0.25) is 33.9 Å². The molecule has 0 unspecified atom stereocenters. The van der Waals surface area contributed by atoms with Gasteiger partial charge in [0.2, 0.25) is 17.3 Å². The summed E-state index contributed by atoms with van der Waals surface area (Å²) in [7, 11) is -27.3. The summed E-state index contributed by atoms with van der Waals surface area (Å²) in [5.41, 5.74) is 12.6. The van der Waals surface area contributed by atoms with Gasteiger partial charge in [0.1, 0.15) is 35.9 Å². The molecular weight excluding hydrogens is 1880 g/mol. The minimum absolute atomic E-state index is 0.0684. The van der Waals surface area contributed by atoms with Crippen LogP contribution in [0.4, 0.5) is 28.4 Å². The Balaban J connectivity index is 0.000000485. The highest BCUT2D eigenvalue weighted by molar-refractivity contribution is 7.85. The molecule has 9 aromatic rings. The molecule has 704 valence electrons. The lowest BCUT2D eigenvalue weighted by molar-refractivity contribution is -0.438. The van der Waals surface area contributed by atoms with Crippen molar-refractivity contribution >= 4 is 181 Å². The van der Waals surface area contributed by atoms with Gasteiger partial charge in [-0.25, -0.2) is 26.8 Å². The zero-order chi connectivity index (χ0) is 99.4. The van der Waals surface area contributed by atoms with Gasteiger partial charge in [0.05, 0.1) is 36.8 Å². The summed E-state index contributed by atoms with van der Waals surface area (Å²) in [6.07, 6.45) is 17.5. The molecule has 1 amide bonds. The average molecular weight is 1970 g/mol. The fourth-order valence-electron chi connectivity index (χ4n) is 13.7. The van der Waals surface area contributed by atoms with Crippen LogP contribution in [0.15, 0.2) is 218 Å². The molecule has 44 heteroatoms. The third-order valence-corrected chi connectivity index (χ3v) is 20.7. The molecule has 2 aliphatic rings. The van der Waals surface area contributed by atoms with Crippen LogP contribution in [0.1, 0.15) is 187 Å². The number of hydrogen-bond acceptors (Lipinski definition) is 33. The van der Waals surface area contributed by atoms with Crippen molar-refractivity contribution in [1.82, 2.24) is 9.97 Å². The lowest BCUT2D eigenvalue weighted by atomic mass is 9.78. The molecule has 0 bridgehead atoms. The van der Waals surface area contributed by atoms with Crippen molar-refractivity contribution in [3.05, 3.63) is 247 Å². The zero-order valence-corrected chi connectivity index (χ0v) is 79.5. The van der Waals surface area contributed by atoms with E-state index < -0.39 is 95.1 Å². The first-order valence-corrected chi connectivity index (χ1v) is 48.9. The number of anilines is 2. The standard InChI is InChI=1S/C42H45N3O6S.C31H36N2O5S.C15H14N2.6O3S/c1-6-14-38(47)35-27-32(28-36(43-35)39(48)15-7-2)30-19-21-34-31(26-30)20-22-37-41(34)42(4,5)40(45(37)24-13-25-52(49,50)51)18-11-12-23-44(29(3)46)33-16-9-8-10-17-33;1-6-9-28(34)25-18-23(19-26(32-25)29(35)10-7-2)21-11-13-24-22(17-21)12-14-27-30(24)31(4,5)20(3)33(27)15-8-16-39(36,37)38;1-3-8-14(9-4-1)16-12-7-13-17-15-10-5-2-6-11-15;6*1-4(2)3/h8-12,16-23,26-28H,6-7,13-15,24-25H2,1-5H3;11-14,17-19H,6-10,15-16H2,1-5H3;1-13,16H;;;;;;/b;;12-7+,17-13?;;;;;;. The smallest absolute Gasteiger partial charge is 0.425 e. The molecule has 0 atom stereocenters. The summed E-state index contributed by atoms with van der Waals surface area (Å²) in [6, 6.07) is 56.6. The van der Waals surface area contributed by atoms with Crippen molar-refractivity contribution < 1.29 is 135 Å². The first kappa shape index (κ1) is 113. The van der Waals surface area contributed by atoms with Gasteiger partial charge >= 0.3 is 63.7 Å². The van der Waals surface area contributed by atoms with Crippen molar-refractivity contribution in [2.24, 2.45) is 4.99 Å². The van der Waals surface area contributed by atoms with E-state index in [-0.39, 0.29) is 53.0 Å². The first-order chi connectivity index (χ1) is 62.0. The molecule has 36 nitrogen and oxygen atoms in total. The highest BCUT2D eigenvalue weighted by atomic mass is 32.2. The number of para-hydroxylation sites is 3. The Morgan fingerprint density at radius 1 is 0.439 bits per heavy atom. The maximum atomic E-state index is 12.9. The van der Waals surface area contributed by atoms with Gasteiger partial charge in [-0.2, -0.15) is 9.15 Å². The van der Waals surface area contributed by atoms with Gasteiger partial charge < -0.3 is 14.4 Å². The van der Waals surface area contributed by atoms with Crippen LogP contribution in [0.3, 0.4) is 0 Å². The van der Waals surface area contributed by atoms with Crippen LogP contribution in [0.5, 0.6) is 0 Å². The Kier molecular flexibility index (Phi) is 48.0. The third-order valence-electron chi connectivity index (χ3n) is 19.1. The highest BCUT2D eigenvalue weighted by Gasteiger charge is 2.46. The van der Waals surface area contributed by atoms with Crippen LogP contribution >= 0.6 is 0 Å². The molecule has 0 saturated carbocycles. The Hall–Kier alpha value is -12.9. The normalized spacial score (nSPS) is 12.4. The van der Waals surface area contributed by atoms with Gasteiger partial charge in [-0.1, -0.05) is 113 Å². The monoisotopic (exact) mass is 1970 g/mol. The summed E-state index contributed by atoms with van der Waals surface area (Å²) in [4.78, 5) is 78.4. The number of benzene rings is 7. The number of amides is 1. The number of carbonyl (C=O) groups is 5. The number of allylic oxidation sites excluding steroid dienone is 4. The predicted molar refractivity (Wildman–Crippen MR) is 491 cm³/mol. The third kappa shape index (κ3) is 39.4. The minimum atomic E-state index is -4.39. The topological polar surface area (TPSA) is 566 Å². The molecule has 0 fully saturated rings. The number of nitrogens with zero attached hydrogens (tertiary/aromatic N) is 6. The Bertz CT molecular complexity index is 6540. The van der Waals surface area contributed by atoms with Crippen molar-refractivity contribution in [1.29, 1.82) is 0 Å². The van der Waals surface area contributed by atoms with Gasteiger partial charge in [0.15, 0.2) is 34.6 Å². The number of aliphatic imine (C=N–C) groups is 1. The molecule has 132 heavy (non-hydrogen) atoms. The number of Topliss-reactive ketones (excluding diaryl/α,β-unsaturated/α-hetero) is 4. The fraction of sp³-hybridized carbons (Fsp3) is 0.295. The second-order valence-corrected chi connectivity index (χ2v) is 34.6. The lowest BCUT2D eigenvalue weighted by Gasteiger charge is -2.18. The summed E-state index contributed by atoms with van der Waals surface area (Å²) < 4.78 is 224. The molecule has 0 radical (unpaired) electrons. The van der Waals surface area contributed by atoms with E-state index in [1.54, 1.807) is 47.7 Å². The van der Waals surface area contributed by atoms with Crippen molar-refractivity contribution in [2.45, 2.75) is 144 Å². The molecule has 7 aromatic carbocycles. The molecule has 4 heterocycles. The van der Waals surface area contributed by atoms with E-state index in [9.17, 15) is 49.9 Å². The largest absolute Gasteiger partial charge is 0.748 e. The molecule has 1 N–H and O–H groups in total. The summed E-state index contributed by atoms with van der Waals surface area (Å²) >= 11 is 0. The van der Waals surface area contributed by atoms with Gasteiger partial charge in [-0.15, -0.1) is 75.8 Å². The minimum Gasteiger partial charge on any atom is -0.748 e. The summed E-state index contributed by atoms with van der Waals surface area (Å²) in [5.74, 6) is -1.33. The van der Waals surface area contributed by atoms with E-state index in [2.05, 4.69) is 69.3 Å². The zero-order valence-electron chi connectivity index (χ0n) is 73.0. The lowest BCUT2D eigenvalue weighted by Crippen LogP contribution is -2.28. The fourth-order valence-corrected chi connectivity index (χ4v) is 14.6. The number of carbonyl (C=O) groups excluding carboxylic acids is 5. The molecule has 0 spiro atoms. The van der Waals surface area contributed by atoms with Gasteiger partial charge in [0, 0.05) is 123 Å². The van der Waals surface area contributed by atoms with Crippen molar-refractivity contribution in [3.63, 3.8) is 0 Å². The number of fused-ring (bicyclic) bond motifs is 6. The molecular formula is C88H95N7O29S8. The molecule has 0 aliphatic carbocycles. The van der Waals surface area contributed by atoms with Crippen LogP contribution in [0.2, 0.25) is 0 Å². The van der Waals surface area contributed by atoms with Crippen LogP contribution in [-0.2, 0) is 99.5 Å². The van der Waals surface area contributed by atoms with E-state index in [0.717, 1.165) is 94.8 Å². The average Bonchev–Trinajstić information content (AvgIpc) is 1.57. The highest BCUT2D eigenvalue weighted by Crippen LogP contribution is 2.47. The van der Waals surface area contributed by atoms with E-state index in [1.807, 2.05) is 199 Å². The van der Waals surface area contributed by atoms with E-state index in [4.69, 9.17) is 75.8 Å². The number of pyridine rings is 2. The molecule has 2 aliphatic heterocycles. The Morgan fingerprint density at radius 3 is 1.15 bits per heavy atom. The number of aromatic nitrogens is 2. The second-order valence-electron chi connectivity index (χ2n) is 29.1. The van der Waals surface area contributed by atoms with Crippen molar-refractivity contribution in [2.75, 3.05) is 34.8 Å². The van der Waals surface area contributed by atoms with Gasteiger partial charge in [-0.05, 0) is 194 Å². The number of hydrogen-bond donors (Lipinski definition) is 1. The van der Waals surface area contributed by atoms with Crippen LogP contribution in [-0.4, -0.2) is 192 Å². The van der Waals surface area contributed by atoms with E-state index in [1.165, 1.54) is 6.92 Å². The number of nitrogens with one attached hydrogen (secondary N) is 1. The number of ketones is 4. The second kappa shape index (κ2) is 56.0. The summed E-state index contributed by atoms with van der Waals surface area (Å²) in [6.45, 7) is 20.6. The predicted octanol–water partition coefficient (Wildman–Crippen LogP) is 12.5.